The van der Waals surface area contributed by atoms with Gasteiger partial charge < -0.3 is 4.57 Å². The van der Waals surface area contributed by atoms with Gasteiger partial charge in [-0.2, -0.15) is 4.31 Å². The summed E-state index contributed by atoms with van der Waals surface area (Å²) in [5.74, 6) is 0. The lowest BCUT2D eigenvalue weighted by atomic mass is 10.4. The smallest absolute Gasteiger partial charge is 0.243 e. The minimum absolute atomic E-state index is 0.112. The first-order valence-corrected chi connectivity index (χ1v) is 8.68. The van der Waals surface area contributed by atoms with Gasteiger partial charge >= 0.3 is 0 Å². The van der Waals surface area contributed by atoms with Gasteiger partial charge in [0.2, 0.25) is 10.0 Å². The zero-order valence-electron chi connectivity index (χ0n) is 11.7. The number of aromatic nitrogens is 1. The maximum atomic E-state index is 12.8. The van der Waals surface area contributed by atoms with Crippen molar-refractivity contribution in [3.05, 3.63) is 53.3 Å². The van der Waals surface area contributed by atoms with Gasteiger partial charge in [0.15, 0.2) is 0 Å². The van der Waals surface area contributed by atoms with E-state index in [-0.39, 0.29) is 6.04 Å². The van der Waals surface area contributed by atoms with E-state index in [1.165, 1.54) is 0 Å². The first-order chi connectivity index (χ1) is 9.98. The van der Waals surface area contributed by atoms with Crippen LogP contribution in [0, 0.1) is 0 Å². The number of hydrogen-bond acceptors (Lipinski definition) is 2. The number of halogens is 1. The predicted octanol–water partition coefficient (Wildman–Crippen LogP) is 3.03. The molecule has 1 aromatic heterocycles. The van der Waals surface area contributed by atoms with E-state index in [2.05, 4.69) is 0 Å². The lowest BCUT2D eigenvalue weighted by molar-refractivity contribution is 0.390. The summed E-state index contributed by atoms with van der Waals surface area (Å²) in [6.07, 6.45) is 3.78. The summed E-state index contributed by atoms with van der Waals surface area (Å²) >= 11 is 5.84. The highest BCUT2D eigenvalue weighted by molar-refractivity contribution is 7.89. The molecule has 1 aliphatic carbocycles. The Hall–Kier alpha value is -1.30. The molecule has 0 bridgehead atoms. The molecule has 1 fully saturated rings. The van der Waals surface area contributed by atoms with Crippen LogP contribution in [0.2, 0.25) is 5.02 Å². The molecule has 2 aromatic rings. The zero-order valence-corrected chi connectivity index (χ0v) is 13.3. The molecule has 4 nitrogen and oxygen atoms in total. The van der Waals surface area contributed by atoms with E-state index in [1.54, 1.807) is 28.6 Å². The largest absolute Gasteiger partial charge is 0.353 e. The third kappa shape index (κ3) is 3.00. The van der Waals surface area contributed by atoms with E-state index in [9.17, 15) is 8.42 Å². The Kier molecular flexibility index (Phi) is 3.82. The minimum Gasteiger partial charge on any atom is -0.353 e. The van der Waals surface area contributed by atoms with Gasteiger partial charge in [-0.05, 0) is 49.2 Å². The highest BCUT2D eigenvalue weighted by Crippen LogP contribution is 2.33. The highest BCUT2D eigenvalue weighted by atomic mass is 35.5. The average Bonchev–Trinajstić information content (AvgIpc) is 3.20. The first kappa shape index (κ1) is 14.6. The van der Waals surface area contributed by atoms with Crippen LogP contribution in [0.3, 0.4) is 0 Å². The van der Waals surface area contributed by atoms with Crippen molar-refractivity contribution in [2.75, 3.05) is 0 Å². The molecule has 0 unspecified atom stereocenters. The van der Waals surface area contributed by atoms with Gasteiger partial charge in [-0.1, -0.05) is 11.6 Å². The molecule has 3 rings (SSSR count). The Balaban J connectivity index is 1.93. The topological polar surface area (TPSA) is 42.3 Å². The van der Waals surface area contributed by atoms with Crippen molar-refractivity contribution in [2.45, 2.75) is 30.3 Å². The molecule has 0 saturated heterocycles. The highest BCUT2D eigenvalue weighted by Gasteiger charge is 2.38. The Morgan fingerprint density at radius 3 is 2.43 bits per heavy atom. The van der Waals surface area contributed by atoms with Crippen LogP contribution in [-0.4, -0.2) is 23.3 Å². The SMILES string of the molecule is Cn1cccc1CN(C1CC1)S(=O)(=O)c1ccc(Cl)cc1. The summed E-state index contributed by atoms with van der Waals surface area (Å²) in [6.45, 7) is 0.402. The average molecular weight is 325 g/mol. The van der Waals surface area contributed by atoms with Crippen molar-refractivity contribution in [1.82, 2.24) is 8.87 Å². The maximum absolute atomic E-state index is 12.8. The van der Waals surface area contributed by atoms with Crippen LogP contribution in [0.4, 0.5) is 0 Å². The van der Waals surface area contributed by atoms with Crippen LogP contribution in [0.15, 0.2) is 47.5 Å². The fourth-order valence-corrected chi connectivity index (χ4v) is 4.12. The molecule has 112 valence electrons. The predicted molar refractivity (Wildman–Crippen MR) is 82.6 cm³/mol. The third-order valence-corrected chi connectivity index (χ3v) is 5.91. The van der Waals surface area contributed by atoms with E-state index in [0.717, 1.165) is 18.5 Å². The monoisotopic (exact) mass is 324 g/mol. The van der Waals surface area contributed by atoms with Gasteiger partial charge in [-0.3, -0.25) is 0 Å². The molecular formula is C15H17ClN2O2S. The van der Waals surface area contributed by atoms with Gasteiger partial charge in [0.05, 0.1) is 11.4 Å². The van der Waals surface area contributed by atoms with Crippen LogP contribution in [0.1, 0.15) is 18.5 Å². The van der Waals surface area contributed by atoms with Gasteiger partial charge in [0, 0.05) is 30.0 Å². The summed E-state index contributed by atoms with van der Waals surface area (Å²) in [4.78, 5) is 0.299. The minimum atomic E-state index is -3.49. The Labute approximate surface area is 130 Å². The van der Waals surface area contributed by atoms with E-state index in [4.69, 9.17) is 11.6 Å². The second kappa shape index (κ2) is 5.48. The van der Waals surface area contributed by atoms with Gasteiger partial charge in [0.1, 0.15) is 0 Å². The third-order valence-electron chi connectivity index (χ3n) is 3.74. The fraction of sp³-hybridized carbons (Fsp3) is 0.333. The summed E-state index contributed by atoms with van der Waals surface area (Å²) < 4.78 is 29.2. The molecule has 6 heteroatoms. The van der Waals surface area contributed by atoms with E-state index < -0.39 is 10.0 Å². The molecule has 21 heavy (non-hydrogen) atoms. The summed E-state index contributed by atoms with van der Waals surface area (Å²) in [5.41, 5.74) is 0.986. The zero-order chi connectivity index (χ0) is 15.0. The van der Waals surface area contributed by atoms with Crippen LogP contribution in [0.25, 0.3) is 0 Å². The Morgan fingerprint density at radius 2 is 1.90 bits per heavy atom. The molecule has 1 saturated carbocycles. The molecule has 0 atom stereocenters. The quantitative estimate of drug-likeness (QED) is 0.848. The Morgan fingerprint density at radius 1 is 1.24 bits per heavy atom. The number of aryl methyl sites for hydroxylation is 1. The maximum Gasteiger partial charge on any atom is 0.243 e. The van der Waals surface area contributed by atoms with Crippen molar-refractivity contribution < 1.29 is 8.42 Å². The Bertz CT molecular complexity index is 733. The first-order valence-electron chi connectivity index (χ1n) is 6.86. The van der Waals surface area contributed by atoms with Crippen molar-refractivity contribution in [2.24, 2.45) is 7.05 Å². The molecule has 0 N–H and O–H groups in total. The van der Waals surface area contributed by atoms with E-state index in [1.807, 2.05) is 29.9 Å². The second-order valence-electron chi connectivity index (χ2n) is 5.35. The summed E-state index contributed by atoms with van der Waals surface area (Å²) in [6, 6.07) is 10.3. The molecule has 1 aliphatic rings. The second-order valence-corrected chi connectivity index (χ2v) is 7.67. The van der Waals surface area contributed by atoms with Crippen LogP contribution in [-0.2, 0) is 23.6 Å². The summed E-state index contributed by atoms with van der Waals surface area (Å²) in [5, 5.41) is 0.536. The molecule has 0 radical (unpaired) electrons. The lowest BCUT2D eigenvalue weighted by Crippen LogP contribution is -2.33. The van der Waals surface area contributed by atoms with Crippen molar-refractivity contribution >= 4 is 21.6 Å². The number of sulfonamides is 1. The number of rotatable bonds is 5. The normalized spacial score (nSPS) is 15.6. The molecule has 0 amide bonds. The van der Waals surface area contributed by atoms with Crippen LogP contribution < -0.4 is 0 Å². The van der Waals surface area contributed by atoms with E-state index in [0.29, 0.717) is 16.5 Å². The van der Waals surface area contributed by atoms with Crippen molar-refractivity contribution in [3.8, 4) is 0 Å². The summed E-state index contributed by atoms with van der Waals surface area (Å²) in [7, 11) is -1.56. The van der Waals surface area contributed by atoms with Crippen LogP contribution >= 0.6 is 11.6 Å². The molecular weight excluding hydrogens is 308 g/mol. The number of benzene rings is 1. The van der Waals surface area contributed by atoms with Crippen molar-refractivity contribution in [1.29, 1.82) is 0 Å². The lowest BCUT2D eigenvalue weighted by Gasteiger charge is -2.22. The number of hydrogen-bond donors (Lipinski definition) is 0. The molecule has 1 aromatic carbocycles. The van der Waals surface area contributed by atoms with Gasteiger partial charge in [0.25, 0.3) is 0 Å². The van der Waals surface area contributed by atoms with Gasteiger partial charge in [-0.25, -0.2) is 8.42 Å². The fourth-order valence-electron chi connectivity index (χ4n) is 2.34. The molecule has 0 spiro atoms. The molecule has 0 aliphatic heterocycles. The van der Waals surface area contributed by atoms with Crippen molar-refractivity contribution in [3.63, 3.8) is 0 Å². The van der Waals surface area contributed by atoms with E-state index >= 15 is 0 Å². The molecule has 1 heterocycles. The van der Waals surface area contributed by atoms with Gasteiger partial charge in [-0.15, -0.1) is 0 Å². The van der Waals surface area contributed by atoms with Crippen LogP contribution in [0.5, 0.6) is 0 Å². The number of nitrogens with zero attached hydrogens (tertiary/aromatic N) is 2. The standard InChI is InChI=1S/C15H17ClN2O2S/c1-17-10-2-3-14(17)11-18(13-6-7-13)21(19,20)15-8-4-12(16)5-9-15/h2-5,8-10,13H,6-7,11H2,1H3.